The molecule has 1 aromatic heterocycles. The molecule has 154 valence electrons. The first-order valence-electron chi connectivity index (χ1n) is 10.2. The lowest BCUT2D eigenvalue weighted by molar-refractivity contribution is 0.0516. The normalized spacial score (nSPS) is 10.6. The number of ether oxygens (including phenoxy) is 1. The number of rotatable bonds is 7. The molecule has 30 heavy (non-hydrogen) atoms. The highest BCUT2D eigenvalue weighted by atomic mass is 32.2. The lowest BCUT2D eigenvalue weighted by Crippen LogP contribution is -2.12. The zero-order chi connectivity index (χ0) is 21.7. The smallest absolute Gasteiger partial charge is 0.354 e. The van der Waals surface area contributed by atoms with Crippen LogP contribution in [0, 0.1) is 6.57 Å². The Morgan fingerprint density at radius 1 is 1.07 bits per heavy atom. The van der Waals surface area contributed by atoms with E-state index in [0.29, 0.717) is 30.0 Å². The van der Waals surface area contributed by atoms with Gasteiger partial charge in [0, 0.05) is 28.1 Å². The van der Waals surface area contributed by atoms with Crippen LogP contribution in [0.2, 0.25) is 0 Å². The van der Waals surface area contributed by atoms with Crippen LogP contribution in [0.3, 0.4) is 0 Å². The number of aromatic nitrogens is 1. The SMILES string of the molecule is [C-]#[N+]c1c(-c2ccc(Sc3ccccc3CC)cc2)c(C(=O)OCC)n(C)c1CC. The summed E-state index contributed by atoms with van der Waals surface area (Å²) in [5, 5.41) is 0. The molecule has 5 heteroatoms. The number of aryl methyl sites for hydroxylation is 1. The van der Waals surface area contributed by atoms with E-state index in [4.69, 9.17) is 11.3 Å². The minimum atomic E-state index is -0.394. The van der Waals surface area contributed by atoms with E-state index in [0.717, 1.165) is 22.6 Å². The Kier molecular flexibility index (Phi) is 7.02. The molecule has 0 unspecified atom stereocenters. The molecule has 0 saturated heterocycles. The standard InChI is InChI=1S/C25H26N2O2S/c1-6-17-11-9-10-12-21(17)30-19-15-13-18(14-16-19)22-23(26-4)20(7-2)27(5)24(22)25(28)29-8-3/h9-16H,6-8H2,1-3,5H3. The average Bonchev–Trinajstić information content (AvgIpc) is 3.06. The predicted molar refractivity (Wildman–Crippen MR) is 122 cm³/mol. The first-order chi connectivity index (χ1) is 14.5. The topological polar surface area (TPSA) is 35.6 Å². The van der Waals surface area contributed by atoms with E-state index in [-0.39, 0.29) is 0 Å². The van der Waals surface area contributed by atoms with Crippen molar-refractivity contribution in [3.63, 3.8) is 0 Å². The van der Waals surface area contributed by atoms with Gasteiger partial charge in [-0.3, -0.25) is 0 Å². The number of carbonyl (C=O) groups is 1. The fourth-order valence-corrected chi connectivity index (χ4v) is 4.68. The molecule has 0 atom stereocenters. The lowest BCUT2D eigenvalue weighted by Gasteiger charge is -2.10. The molecule has 0 radical (unpaired) electrons. The predicted octanol–water partition coefficient (Wildman–Crippen LogP) is 6.70. The molecule has 0 amide bonds. The third kappa shape index (κ3) is 4.15. The summed E-state index contributed by atoms with van der Waals surface area (Å²) in [5.74, 6) is -0.394. The first kappa shape index (κ1) is 21.7. The number of benzene rings is 2. The van der Waals surface area contributed by atoms with Crippen LogP contribution in [0.25, 0.3) is 16.0 Å². The molecule has 0 aliphatic heterocycles. The monoisotopic (exact) mass is 418 g/mol. The molecule has 0 fully saturated rings. The molecule has 4 nitrogen and oxygen atoms in total. The van der Waals surface area contributed by atoms with Gasteiger partial charge in [0.25, 0.3) is 0 Å². The Bertz CT molecular complexity index is 1090. The summed E-state index contributed by atoms with van der Waals surface area (Å²) < 4.78 is 7.10. The van der Waals surface area contributed by atoms with Crippen LogP contribution in [0.5, 0.6) is 0 Å². The third-order valence-corrected chi connectivity index (χ3v) is 6.25. The summed E-state index contributed by atoms with van der Waals surface area (Å²) in [6, 6.07) is 16.5. The maximum Gasteiger partial charge on any atom is 0.354 e. The van der Waals surface area contributed by atoms with Crippen LogP contribution < -0.4 is 0 Å². The second-order valence-electron chi connectivity index (χ2n) is 6.85. The van der Waals surface area contributed by atoms with E-state index < -0.39 is 5.97 Å². The van der Waals surface area contributed by atoms with Crippen LogP contribution in [0.1, 0.15) is 42.5 Å². The second-order valence-corrected chi connectivity index (χ2v) is 7.97. The van der Waals surface area contributed by atoms with Crippen molar-refractivity contribution in [1.29, 1.82) is 0 Å². The fraction of sp³-hybridized carbons (Fsp3) is 0.280. The third-order valence-electron chi connectivity index (χ3n) is 5.13. The van der Waals surface area contributed by atoms with E-state index in [2.05, 4.69) is 36.0 Å². The zero-order valence-corrected chi connectivity index (χ0v) is 18.7. The van der Waals surface area contributed by atoms with Crippen molar-refractivity contribution in [1.82, 2.24) is 4.57 Å². The van der Waals surface area contributed by atoms with Gasteiger partial charge in [0.15, 0.2) is 0 Å². The first-order valence-corrected chi connectivity index (χ1v) is 11.0. The number of esters is 1. The summed E-state index contributed by atoms with van der Waals surface area (Å²) in [6.07, 6.45) is 1.66. The molecule has 0 aliphatic carbocycles. The molecule has 0 aliphatic rings. The van der Waals surface area contributed by atoms with Gasteiger partial charge in [0.2, 0.25) is 5.69 Å². The van der Waals surface area contributed by atoms with Crippen LogP contribution >= 0.6 is 11.8 Å². The van der Waals surface area contributed by atoms with Crippen LogP contribution in [0.4, 0.5) is 5.69 Å². The molecule has 2 aromatic carbocycles. The number of hydrogen-bond donors (Lipinski definition) is 0. The molecule has 0 spiro atoms. The summed E-state index contributed by atoms with van der Waals surface area (Å²) in [6.45, 7) is 14.0. The number of carbonyl (C=O) groups excluding carboxylic acids is 1. The molecule has 3 aromatic rings. The van der Waals surface area contributed by atoms with E-state index in [1.165, 1.54) is 10.5 Å². The van der Waals surface area contributed by atoms with Gasteiger partial charge in [-0.1, -0.05) is 55.9 Å². The van der Waals surface area contributed by atoms with E-state index >= 15 is 0 Å². The van der Waals surface area contributed by atoms with Crippen molar-refractivity contribution in [2.45, 2.75) is 43.4 Å². The van der Waals surface area contributed by atoms with Gasteiger partial charge in [0.05, 0.1) is 13.2 Å². The van der Waals surface area contributed by atoms with Gasteiger partial charge in [0.1, 0.15) is 5.69 Å². The quantitative estimate of drug-likeness (QED) is 0.316. The summed E-state index contributed by atoms with van der Waals surface area (Å²) in [5.41, 5.74) is 4.65. The van der Waals surface area contributed by atoms with Crippen molar-refractivity contribution >= 4 is 23.4 Å². The largest absolute Gasteiger partial charge is 0.461 e. The van der Waals surface area contributed by atoms with Gasteiger partial charge in [-0.25, -0.2) is 9.64 Å². The number of hydrogen-bond acceptors (Lipinski definition) is 3. The van der Waals surface area contributed by atoms with Gasteiger partial charge in [-0.2, -0.15) is 0 Å². The Hall–Kier alpha value is -2.97. The molecule has 0 bridgehead atoms. The maximum atomic E-state index is 12.7. The number of nitrogens with zero attached hydrogens (tertiary/aromatic N) is 2. The van der Waals surface area contributed by atoms with E-state index in [9.17, 15) is 4.79 Å². The van der Waals surface area contributed by atoms with Crippen LogP contribution in [-0.2, 0) is 24.6 Å². The summed E-state index contributed by atoms with van der Waals surface area (Å²) >= 11 is 1.73. The Labute approximate surface area is 182 Å². The molecular weight excluding hydrogens is 392 g/mol. The molecular formula is C25H26N2O2S. The van der Waals surface area contributed by atoms with Crippen molar-refractivity contribution in [2.24, 2.45) is 7.05 Å². The maximum absolute atomic E-state index is 12.7. The Morgan fingerprint density at radius 3 is 2.37 bits per heavy atom. The zero-order valence-electron chi connectivity index (χ0n) is 17.9. The van der Waals surface area contributed by atoms with Gasteiger partial charge < -0.3 is 9.30 Å². The van der Waals surface area contributed by atoms with Crippen LogP contribution in [0.15, 0.2) is 58.3 Å². The lowest BCUT2D eigenvalue weighted by atomic mass is 10.0. The summed E-state index contributed by atoms with van der Waals surface area (Å²) in [7, 11) is 1.83. The highest BCUT2D eigenvalue weighted by molar-refractivity contribution is 7.99. The van der Waals surface area contributed by atoms with Crippen molar-refractivity contribution in [2.75, 3.05) is 6.61 Å². The molecule has 3 rings (SSSR count). The van der Waals surface area contributed by atoms with Crippen molar-refractivity contribution < 1.29 is 9.53 Å². The van der Waals surface area contributed by atoms with Gasteiger partial charge in [-0.05, 0) is 49.1 Å². The van der Waals surface area contributed by atoms with E-state index in [1.54, 1.807) is 23.3 Å². The van der Waals surface area contributed by atoms with Gasteiger partial charge >= 0.3 is 5.97 Å². The molecule has 1 heterocycles. The molecule has 0 N–H and O–H groups in total. The second kappa shape index (κ2) is 9.69. The minimum absolute atomic E-state index is 0.296. The van der Waals surface area contributed by atoms with Crippen molar-refractivity contribution in [3.8, 4) is 11.1 Å². The Balaban J connectivity index is 2.04. The van der Waals surface area contributed by atoms with E-state index in [1.807, 2.05) is 38.2 Å². The highest BCUT2D eigenvalue weighted by Gasteiger charge is 2.26. The Morgan fingerprint density at radius 2 is 1.77 bits per heavy atom. The summed E-state index contributed by atoms with van der Waals surface area (Å²) in [4.78, 5) is 18.8. The van der Waals surface area contributed by atoms with Crippen LogP contribution in [-0.4, -0.2) is 17.1 Å². The molecule has 0 saturated carbocycles. The minimum Gasteiger partial charge on any atom is -0.461 e. The average molecular weight is 419 g/mol. The highest BCUT2D eigenvalue weighted by Crippen LogP contribution is 2.41. The fourth-order valence-electron chi connectivity index (χ4n) is 3.67. The van der Waals surface area contributed by atoms with Crippen molar-refractivity contribution in [3.05, 3.63) is 76.9 Å². The van der Waals surface area contributed by atoms with Gasteiger partial charge in [-0.15, -0.1) is 0 Å².